The largest absolute Gasteiger partial charge is 0.452 e. The first kappa shape index (κ1) is 17.4. The Balaban J connectivity index is 1.46. The number of rotatable bonds is 6. The Morgan fingerprint density at radius 2 is 1.88 bits per heavy atom. The average Bonchev–Trinajstić information content (AvgIpc) is 3.31. The number of hydrogen-bond acceptors (Lipinski definition) is 4. The second kappa shape index (κ2) is 8.62. The zero-order chi connectivity index (χ0) is 17.5. The lowest BCUT2D eigenvalue weighted by Crippen LogP contribution is -2.35. The molecule has 1 aliphatic carbocycles. The topological polar surface area (TPSA) is 55.4 Å². The van der Waals surface area contributed by atoms with Gasteiger partial charge in [-0.3, -0.25) is 4.79 Å². The van der Waals surface area contributed by atoms with Crippen LogP contribution in [0.4, 0.5) is 0 Å². The number of benzene rings is 1. The van der Waals surface area contributed by atoms with E-state index in [0.29, 0.717) is 0 Å². The molecular formula is C20H21NO3S. The average molecular weight is 355 g/mol. The molecule has 0 spiro atoms. The third-order valence-corrected chi connectivity index (χ3v) is 5.23. The normalized spacial score (nSPS) is 14.7. The molecule has 0 bridgehead atoms. The van der Waals surface area contributed by atoms with Crippen LogP contribution in [-0.2, 0) is 14.3 Å². The SMILES string of the molecule is O=C(COC(=O)/C=C/c1ccc(-c2ccccc2)s1)NC1CCCC1. The number of carbonyl (C=O) groups is 2. The van der Waals surface area contributed by atoms with Gasteiger partial charge in [-0.15, -0.1) is 11.3 Å². The predicted octanol–water partition coefficient (Wildman–Crippen LogP) is 4.03. The first-order valence-corrected chi connectivity index (χ1v) is 9.32. The molecule has 130 valence electrons. The van der Waals surface area contributed by atoms with E-state index in [2.05, 4.69) is 17.4 Å². The molecule has 3 rings (SSSR count). The molecule has 1 aromatic heterocycles. The van der Waals surface area contributed by atoms with E-state index in [-0.39, 0.29) is 18.6 Å². The Morgan fingerprint density at radius 1 is 1.12 bits per heavy atom. The molecule has 0 atom stereocenters. The van der Waals surface area contributed by atoms with Gasteiger partial charge < -0.3 is 10.1 Å². The molecule has 2 aromatic rings. The number of hydrogen-bond donors (Lipinski definition) is 1. The van der Waals surface area contributed by atoms with E-state index in [9.17, 15) is 9.59 Å². The van der Waals surface area contributed by atoms with Gasteiger partial charge in [-0.1, -0.05) is 43.2 Å². The third-order valence-electron chi connectivity index (χ3n) is 4.13. The van der Waals surface area contributed by atoms with Crippen LogP contribution in [-0.4, -0.2) is 24.5 Å². The summed E-state index contributed by atoms with van der Waals surface area (Å²) in [6.45, 7) is -0.223. The monoisotopic (exact) mass is 355 g/mol. The van der Waals surface area contributed by atoms with Gasteiger partial charge >= 0.3 is 5.97 Å². The van der Waals surface area contributed by atoms with Crippen LogP contribution in [0.5, 0.6) is 0 Å². The molecule has 25 heavy (non-hydrogen) atoms. The summed E-state index contributed by atoms with van der Waals surface area (Å²) >= 11 is 1.60. The summed E-state index contributed by atoms with van der Waals surface area (Å²) in [6.07, 6.45) is 7.42. The molecule has 0 saturated heterocycles. The van der Waals surface area contributed by atoms with Gasteiger partial charge in [0, 0.05) is 21.9 Å². The summed E-state index contributed by atoms with van der Waals surface area (Å²) in [5.74, 6) is -0.729. The van der Waals surface area contributed by atoms with Crippen LogP contribution in [0.3, 0.4) is 0 Å². The van der Waals surface area contributed by atoms with Crippen molar-refractivity contribution >= 4 is 29.3 Å². The molecule has 1 heterocycles. The Hall–Kier alpha value is -2.40. The van der Waals surface area contributed by atoms with Crippen molar-refractivity contribution in [3.05, 3.63) is 53.4 Å². The molecule has 4 nitrogen and oxygen atoms in total. The Morgan fingerprint density at radius 3 is 2.64 bits per heavy atom. The minimum atomic E-state index is -0.503. The smallest absolute Gasteiger partial charge is 0.331 e. The maximum Gasteiger partial charge on any atom is 0.331 e. The van der Waals surface area contributed by atoms with Gasteiger partial charge in [0.05, 0.1) is 0 Å². The van der Waals surface area contributed by atoms with Gasteiger partial charge in [0.25, 0.3) is 5.91 Å². The summed E-state index contributed by atoms with van der Waals surface area (Å²) in [7, 11) is 0. The van der Waals surface area contributed by atoms with E-state index < -0.39 is 5.97 Å². The van der Waals surface area contributed by atoms with Crippen LogP contribution >= 0.6 is 11.3 Å². The fourth-order valence-corrected chi connectivity index (χ4v) is 3.79. The van der Waals surface area contributed by atoms with Crippen LogP contribution in [0.25, 0.3) is 16.5 Å². The Bertz CT molecular complexity index is 745. The Kier molecular flexibility index (Phi) is 6.01. The van der Waals surface area contributed by atoms with Crippen LogP contribution in [0.15, 0.2) is 48.5 Å². The second-order valence-corrected chi connectivity index (χ2v) is 7.17. The molecule has 1 saturated carbocycles. The summed E-state index contributed by atoms with van der Waals surface area (Å²) in [6, 6.07) is 14.3. The first-order valence-electron chi connectivity index (χ1n) is 8.50. The van der Waals surface area contributed by atoms with Gasteiger partial charge in [0.1, 0.15) is 0 Å². The predicted molar refractivity (Wildman–Crippen MR) is 100 cm³/mol. The lowest BCUT2D eigenvalue weighted by molar-refractivity contribution is -0.144. The van der Waals surface area contributed by atoms with E-state index >= 15 is 0 Å². The van der Waals surface area contributed by atoms with Crippen LogP contribution in [0.2, 0.25) is 0 Å². The summed E-state index contributed by atoms with van der Waals surface area (Å²) in [5.41, 5.74) is 1.15. The van der Waals surface area contributed by atoms with Crippen LogP contribution < -0.4 is 5.32 Å². The lowest BCUT2D eigenvalue weighted by Gasteiger charge is -2.11. The molecule has 0 unspecified atom stereocenters. The highest BCUT2D eigenvalue weighted by Crippen LogP contribution is 2.28. The number of carbonyl (C=O) groups excluding carboxylic acids is 2. The number of nitrogens with one attached hydrogen (secondary N) is 1. The van der Waals surface area contributed by atoms with E-state index in [4.69, 9.17) is 4.74 Å². The fourth-order valence-electron chi connectivity index (χ4n) is 2.87. The van der Waals surface area contributed by atoms with Gasteiger partial charge in [0.2, 0.25) is 0 Å². The highest BCUT2D eigenvalue weighted by molar-refractivity contribution is 7.16. The maximum absolute atomic E-state index is 11.8. The molecule has 1 aromatic carbocycles. The minimum Gasteiger partial charge on any atom is -0.452 e. The van der Waals surface area contributed by atoms with E-state index in [0.717, 1.165) is 41.0 Å². The maximum atomic E-state index is 11.8. The Labute approximate surface area is 151 Å². The van der Waals surface area contributed by atoms with Crippen molar-refractivity contribution < 1.29 is 14.3 Å². The number of amides is 1. The van der Waals surface area contributed by atoms with Crippen molar-refractivity contribution in [2.75, 3.05) is 6.61 Å². The summed E-state index contributed by atoms with van der Waals surface area (Å²) < 4.78 is 4.99. The standard InChI is InChI=1S/C20H21NO3S/c22-19(21-16-8-4-5-9-16)14-24-20(23)13-11-17-10-12-18(25-17)15-6-2-1-3-7-15/h1-3,6-7,10-13,16H,4-5,8-9,14H2,(H,21,22)/b13-11+. The van der Waals surface area contributed by atoms with Crippen molar-refractivity contribution in [3.8, 4) is 10.4 Å². The van der Waals surface area contributed by atoms with Crippen molar-refractivity contribution in [3.63, 3.8) is 0 Å². The minimum absolute atomic E-state index is 0.223. The summed E-state index contributed by atoms with van der Waals surface area (Å²) in [5, 5.41) is 2.89. The molecule has 5 heteroatoms. The van der Waals surface area contributed by atoms with Crippen molar-refractivity contribution in [1.82, 2.24) is 5.32 Å². The molecule has 0 radical (unpaired) electrons. The molecular weight excluding hydrogens is 334 g/mol. The van der Waals surface area contributed by atoms with Crippen molar-refractivity contribution in [2.24, 2.45) is 0 Å². The fraction of sp³-hybridized carbons (Fsp3) is 0.300. The van der Waals surface area contributed by atoms with E-state index in [1.54, 1.807) is 17.4 Å². The third kappa shape index (κ3) is 5.29. The quantitative estimate of drug-likeness (QED) is 0.629. The number of thiophene rings is 1. The van der Waals surface area contributed by atoms with Crippen molar-refractivity contribution in [1.29, 1.82) is 0 Å². The van der Waals surface area contributed by atoms with Gasteiger partial charge in [0.15, 0.2) is 6.61 Å². The second-order valence-electron chi connectivity index (χ2n) is 6.06. The van der Waals surface area contributed by atoms with Gasteiger partial charge in [-0.2, -0.15) is 0 Å². The number of esters is 1. The molecule has 1 N–H and O–H groups in total. The van der Waals surface area contributed by atoms with Crippen LogP contribution in [0, 0.1) is 0 Å². The molecule has 1 fully saturated rings. The zero-order valence-corrected chi connectivity index (χ0v) is 14.8. The summed E-state index contributed by atoms with van der Waals surface area (Å²) in [4.78, 5) is 25.6. The van der Waals surface area contributed by atoms with E-state index in [1.807, 2.05) is 30.3 Å². The van der Waals surface area contributed by atoms with Gasteiger partial charge in [-0.05, 0) is 36.6 Å². The van der Waals surface area contributed by atoms with Crippen LogP contribution in [0.1, 0.15) is 30.6 Å². The highest BCUT2D eigenvalue weighted by Gasteiger charge is 2.17. The molecule has 1 amide bonds. The molecule has 0 aliphatic heterocycles. The molecule has 1 aliphatic rings. The highest BCUT2D eigenvalue weighted by atomic mass is 32.1. The van der Waals surface area contributed by atoms with Gasteiger partial charge in [-0.25, -0.2) is 4.79 Å². The zero-order valence-electron chi connectivity index (χ0n) is 13.9. The van der Waals surface area contributed by atoms with Crippen molar-refractivity contribution in [2.45, 2.75) is 31.7 Å². The van der Waals surface area contributed by atoms with E-state index in [1.165, 1.54) is 6.08 Å². The number of ether oxygens (including phenoxy) is 1. The first-order chi connectivity index (χ1) is 12.2. The lowest BCUT2D eigenvalue weighted by atomic mass is 10.2.